The van der Waals surface area contributed by atoms with Crippen molar-refractivity contribution in [1.82, 2.24) is 0 Å². The second kappa shape index (κ2) is 10.5. The number of aliphatic imine (C=N–C) groups is 1. The Hall–Kier alpha value is -3.38. The molecule has 0 aliphatic carbocycles. The van der Waals surface area contributed by atoms with Crippen LogP contribution in [-0.4, -0.2) is 24.6 Å². The van der Waals surface area contributed by atoms with Crippen molar-refractivity contribution in [2.45, 2.75) is 26.7 Å². The summed E-state index contributed by atoms with van der Waals surface area (Å²) in [6.45, 7) is 4.40. The molecule has 0 saturated heterocycles. The third kappa shape index (κ3) is 6.62. The van der Waals surface area contributed by atoms with Crippen LogP contribution in [0, 0.1) is 6.92 Å². The van der Waals surface area contributed by atoms with Gasteiger partial charge in [0.1, 0.15) is 17.3 Å². The third-order valence-corrected chi connectivity index (χ3v) is 3.12. The molecule has 2 aromatic rings. The van der Waals surface area contributed by atoms with E-state index in [0.29, 0.717) is 23.6 Å². The maximum absolute atomic E-state index is 11.3. The first kappa shape index (κ1) is 20.7. The Balaban J connectivity index is 0.000000412. The highest BCUT2D eigenvalue weighted by atomic mass is 16.5. The van der Waals surface area contributed by atoms with Crippen molar-refractivity contribution in [3.63, 3.8) is 0 Å². The van der Waals surface area contributed by atoms with E-state index in [4.69, 9.17) is 20.6 Å². The molecular formula is C18H21N3O5. The minimum atomic E-state index is -0.914. The number of hydrogen-bond acceptors (Lipinski definition) is 6. The predicted molar refractivity (Wildman–Crippen MR) is 95.5 cm³/mol. The molecule has 4 N–H and O–H groups in total. The maximum atomic E-state index is 11.3. The Morgan fingerprint density at radius 1 is 1.27 bits per heavy atom. The third-order valence-electron chi connectivity index (χ3n) is 3.12. The monoisotopic (exact) mass is 359 g/mol. The molecule has 1 aromatic carbocycles. The van der Waals surface area contributed by atoms with Crippen LogP contribution in [0.2, 0.25) is 0 Å². The van der Waals surface area contributed by atoms with Crippen LogP contribution < -0.4 is 16.2 Å². The molecule has 138 valence electrons. The first-order chi connectivity index (χ1) is 12.4. The van der Waals surface area contributed by atoms with Gasteiger partial charge in [-0.15, -0.1) is 0 Å². The molecule has 2 rings (SSSR count). The lowest BCUT2D eigenvalue weighted by Gasteiger charge is -2.04. The number of isocyanates is 1. The van der Waals surface area contributed by atoms with Gasteiger partial charge in [0.05, 0.1) is 12.1 Å². The summed E-state index contributed by atoms with van der Waals surface area (Å²) in [4.78, 5) is 34.8. The molecule has 8 nitrogen and oxygen atoms in total. The van der Waals surface area contributed by atoms with Crippen molar-refractivity contribution >= 4 is 18.1 Å². The summed E-state index contributed by atoms with van der Waals surface area (Å²) in [6, 6.07) is 8.01. The van der Waals surface area contributed by atoms with Gasteiger partial charge in [-0.05, 0) is 31.5 Å². The molecule has 0 spiro atoms. The molecule has 26 heavy (non-hydrogen) atoms. The van der Waals surface area contributed by atoms with E-state index < -0.39 is 12.0 Å². The summed E-state index contributed by atoms with van der Waals surface area (Å²) in [5.41, 5.74) is 11.1. The molecule has 8 heteroatoms. The van der Waals surface area contributed by atoms with E-state index in [-0.39, 0.29) is 11.3 Å². The maximum Gasteiger partial charge on any atom is 0.409 e. The second-order valence-electron chi connectivity index (χ2n) is 5.24. The number of aryl methyl sites for hydroxylation is 1. The van der Waals surface area contributed by atoms with E-state index in [9.17, 15) is 14.4 Å². The van der Waals surface area contributed by atoms with Crippen LogP contribution in [0.3, 0.4) is 0 Å². The summed E-state index contributed by atoms with van der Waals surface area (Å²) in [6.07, 6.45) is 2.65. The number of benzene rings is 1. The molecule has 0 aliphatic heterocycles. The fraction of sp³-hybridized carbons (Fsp3) is 0.278. The van der Waals surface area contributed by atoms with Gasteiger partial charge in [-0.25, -0.2) is 14.6 Å². The smallest absolute Gasteiger partial charge is 0.409 e. The van der Waals surface area contributed by atoms with Gasteiger partial charge in [-0.2, -0.15) is 0 Å². The molecule has 0 aliphatic rings. The molecule has 0 fully saturated rings. The standard InChI is InChI=1S/C13H12N2O4.C5H9NO/c1-7-5-10(12(14)16)11(18-7)8-3-2-4-9(6-8)19-13(15)17;1-2-3-4-6-5-7/h2-6H,1H3,(H2,14,16)(H2,15,17);2-4H2,1H3. The van der Waals surface area contributed by atoms with Crippen LogP contribution in [0.4, 0.5) is 4.79 Å². The fourth-order valence-electron chi connectivity index (χ4n) is 2.01. The fourth-order valence-corrected chi connectivity index (χ4v) is 2.01. The largest absolute Gasteiger partial charge is 0.461 e. The van der Waals surface area contributed by atoms with E-state index in [0.717, 1.165) is 12.8 Å². The van der Waals surface area contributed by atoms with Crippen molar-refractivity contribution in [3.8, 4) is 17.1 Å². The summed E-state index contributed by atoms with van der Waals surface area (Å²) in [5.74, 6) is 0.562. The normalized spacial score (nSPS) is 9.46. The van der Waals surface area contributed by atoms with Crippen LogP contribution in [0.25, 0.3) is 11.3 Å². The predicted octanol–water partition coefficient (Wildman–Crippen LogP) is 2.93. The Morgan fingerprint density at radius 2 is 2.00 bits per heavy atom. The number of amides is 2. The number of ether oxygens (including phenoxy) is 1. The summed E-state index contributed by atoms with van der Waals surface area (Å²) < 4.78 is 10.2. The highest BCUT2D eigenvalue weighted by molar-refractivity contribution is 5.98. The molecule has 2 amide bonds. The number of carbonyl (C=O) groups excluding carboxylic acids is 3. The van der Waals surface area contributed by atoms with Crippen molar-refractivity contribution < 1.29 is 23.5 Å². The number of hydrogen-bond donors (Lipinski definition) is 2. The lowest BCUT2D eigenvalue weighted by Crippen LogP contribution is -2.16. The molecule has 0 saturated carbocycles. The number of rotatable bonds is 6. The minimum Gasteiger partial charge on any atom is -0.461 e. The molecular weight excluding hydrogens is 338 g/mol. The van der Waals surface area contributed by atoms with Gasteiger partial charge in [0.25, 0.3) is 5.91 Å². The van der Waals surface area contributed by atoms with Crippen molar-refractivity contribution in [3.05, 3.63) is 41.7 Å². The molecule has 0 unspecified atom stereocenters. The van der Waals surface area contributed by atoms with Gasteiger partial charge in [-0.1, -0.05) is 25.5 Å². The molecule has 0 bridgehead atoms. The van der Waals surface area contributed by atoms with Gasteiger partial charge >= 0.3 is 6.09 Å². The van der Waals surface area contributed by atoms with Gasteiger partial charge in [-0.3, -0.25) is 4.79 Å². The number of carbonyl (C=O) groups is 2. The second-order valence-corrected chi connectivity index (χ2v) is 5.24. The summed E-state index contributed by atoms with van der Waals surface area (Å²) >= 11 is 0. The Morgan fingerprint density at radius 3 is 2.58 bits per heavy atom. The first-order valence-corrected chi connectivity index (χ1v) is 7.90. The van der Waals surface area contributed by atoms with Crippen LogP contribution in [0.1, 0.15) is 35.9 Å². The van der Waals surface area contributed by atoms with E-state index >= 15 is 0 Å². The Bertz CT molecular complexity index is 807. The lowest BCUT2D eigenvalue weighted by atomic mass is 10.1. The highest BCUT2D eigenvalue weighted by Crippen LogP contribution is 2.29. The van der Waals surface area contributed by atoms with Crippen molar-refractivity contribution in [2.75, 3.05) is 6.54 Å². The molecule has 1 aromatic heterocycles. The molecule has 0 radical (unpaired) electrons. The average Bonchev–Trinajstić information content (AvgIpc) is 2.98. The zero-order valence-electron chi connectivity index (χ0n) is 14.7. The topological polar surface area (TPSA) is 138 Å². The minimum absolute atomic E-state index is 0.259. The van der Waals surface area contributed by atoms with Gasteiger partial charge in [0, 0.05) is 5.56 Å². The van der Waals surface area contributed by atoms with Crippen LogP contribution in [-0.2, 0) is 4.79 Å². The van der Waals surface area contributed by atoms with Crippen LogP contribution in [0.15, 0.2) is 39.7 Å². The number of primary amides is 2. The average molecular weight is 359 g/mol. The number of furan rings is 1. The zero-order valence-corrected chi connectivity index (χ0v) is 14.7. The van der Waals surface area contributed by atoms with Gasteiger partial charge < -0.3 is 20.6 Å². The SMILES string of the molecule is CCCCN=C=O.Cc1cc(C(N)=O)c(-c2cccc(OC(N)=O)c2)o1. The van der Waals surface area contributed by atoms with Crippen molar-refractivity contribution in [2.24, 2.45) is 16.5 Å². The zero-order chi connectivity index (χ0) is 19.5. The quantitative estimate of drug-likeness (QED) is 0.464. The Kier molecular flexibility index (Phi) is 8.33. The van der Waals surface area contributed by atoms with Crippen LogP contribution in [0.5, 0.6) is 5.75 Å². The Labute approximate surface area is 150 Å². The number of nitrogens with zero attached hydrogens (tertiary/aromatic N) is 1. The van der Waals surface area contributed by atoms with E-state index in [1.807, 2.05) is 0 Å². The van der Waals surface area contributed by atoms with Gasteiger partial charge in [0.2, 0.25) is 6.08 Å². The number of unbranched alkanes of at least 4 members (excludes halogenated alkanes) is 1. The van der Waals surface area contributed by atoms with Gasteiger partial charge in [0.15, 0.2) is 0 Å². The number of nitrogens with two attached hydrogens (primary N) is 2. The first-order valence-electron chi connectivity index (χ1n) is 7.90. The van der Waals surface area contributed by atoms with E-state index in [1.165, 1.54) is 12.1 Å². The molecule has 0 atom stereocenters. The lowest BCUT2D eigenvalue weighted by molar-refractivity contribution is 0.100. The summed E-state index contributed by atoms with van der Waals surface area (Å²) in [7, 11) is 0. The summed E-state index contributed by atoms with van der Waals surface area (Å²) in [5, 5.41) is 0. The van der Waals surface area contributed by atoms with E-state index in [2.05, 4.69) is 11.9 Å². The molecule has 1 heterocycles. The van der Waals surface area contributed by atoms with Crippen LogP contribution >= 0.6 is 0 Å². The van der Waals surface area contributed by atoms with Crippen molar-refractivity contribution in [1.29, 1.82) is 0 Å². The highest BCUT2D eigenvalue weighted by Gasteiger charge is 2.16. The van der Waals surface area contributed by atoms with E-state index in [1.54, 1.807) is 31.2 Å².